The second-order valence-corrected chi connectivity index (χ2v) is 7.67. The number of anilines is 1. The number of likely N-dealkylation sites (N-methyl/N-ethyl adjacent to an activating group) is 1. The zero-order chi connectivity index (χ0) is 27.0. The number of esters is 4. The largest absolute Gasteiger partial charge is 0.497 e. The Balaban J connectivity index is 3.04. The average molecular weight is 524 g/mol. The average Bonchev–Trinajstić information content (AvgIpc) is 2.85. The smallest absolute Gasteiger partial charge is 0.350 e. The van der Waals surface area contributed by atoms with E-state index in [4.69, 9.17) is 35.3 Å². The van der Waals surface area contributed by atoms with Crippen LogP contribution in [0.25, 0.3) is 5.57 Å². The summed E-state index contributed by atoms with van der Waals surface area (Å²) in [6.07, 6.45) is 0. The molecule has 1 atom stereocenters. The minimum atomic E-state index is -1.35. The van der Waals surface area contributed by atoms with Gasteiger partial charge in [0.1, 0.15) is 10.8 Å². The normalized spacial score (nSPS) is 15.4. The lowest BCUT2D eigenvalue weighted by molar-refractivity contribution is -0.142. The first-order valence-electron chi connectivity index (χ1n) is 11.4. The Kier molecular flexibility index (Phi) is 10.3. The number of ether oxygens (including phenoxy) is 5. The van der Waals surface area contributed by atoms with E-state index in [2.05, 4.69) is 0 Å². The molecule has 36 heavy (non-hydrogen) atoms. The van der Waals surface area contributed by atoms with Crippen molar-refractivity contribution in [1.82, 2.24) is 0 Å². The number of carbonyl (C=O) groups excluding carboxylic acids is 4. The van der Waals surface area contributed by atoms with Crippen LogP contribution in [-0.2, 0) is 38.1 Å². The van der Waals surface area contributed by atoms with Gasteiger partial charge in [0.15, 0.2) is 0 Å². The van der Waals surface area contributed by atoms with Crippen molar-refractivity contribution in [1.29, 1.82) is 0 Å². The Morgan fingerprint density at radius 2 is 1.42 bits per heavy atom. The summed E-state index contributed by atoms with van der Waals surface area (Å²) in [5.41, 5.74) is -0.0330. The summed E-state index contributed by atoms with van der Waals surface area (Å²) in [6.45, 7) is 6.30. The van der Waals surface area contributed by atoms with Gasteiger partial charge >= 0.3 is 23.9 Å². The number of hydrogen-bond acceptors (Lipinski definition) is 10. The van der Waals surface area contributed by atoms with Crippen molar-refractivity contribution in [3.63, 3.8) is 0 Å². The van der Waals surface area contributed by atoms with Gasteiger partial charge < -0.3 is 28.6 Å². The van der Waals surface area contributed by atoms with Crippen LogP contribution < -0.4 is 9.64 Å². The maximum Gasteiger partial charge on any atom is 0.350 e. The van der Waals surface area contributed by atoms with E-state index >= 15 is 0 Å². The molecule has 0 aliphatic carbocycles. The van der Waals surface area contributed by atoms with Crippen LogP contribution in [-0.4, -0.2) is 70.5 Å². The molecule has 0 fully saturated rings. The highest BCUT2D eigenvalue weighted by Crippen LogP contribution is 2.43. The zero-order valence-electron chi connectivity index (χ0n) is 21.1. The first-order valence-corrected chi connectivity index (χ1v) is 11.8. The Bertz CT molecular complexity index is 1090. The van der Waals surface area contributed by atoms with Crippen LogP contribution in [0.2, 0.25) is 0 Å². The molecule has 0 N–H and O–H groups in total. The quantitative estimate of drug-likeness (QED) is 0.257. The van der Waals surface area contributed by atoms with Crippen molar-refractivity contribution in [2.45, 2.75) is 33.7 Å². The van der Waals surface area contributed by atoms with Crippen molar-refractivity contribution in [2.75, 3.05) is 45.5 Å². The lowest BCUT2D eigenvalue weighted by Crippen LogP contribution is -2.45. The first-order chi connectivity index (χ1) is 17.2. The molecule has 1 aliphatic rings. The fourth-order valence-corrected chi connectivity index (χ4v) is 4.02. The predicted molar refractivity (Wildman–Crippen MR) is 132 cm³/mol. The Morgan fingerprint density at radius 1 is 0.861 bits per heavy atom. The van der Waals surface area contributed by atoms with E-state index in [9.17, 15) is 19.2 Å². The molecule has 0 bridgehead atoms. The minimum absolute atomic E-state index is 0.0110. The molecule has 0 radical (unpaired) electrons. The van der Waals surface area contributed by atoms with Crippen molar-refractivity contribution in [3.05, 3.63) is 39.9 Å². The van der Waals surface area contributed by atoms with Gasteiger partial charge in [0.25, 0.3) is 0 Å². The van der Waals surface area contributed by atoms with Gasteiger partial charge in [-0.3, -0.25) is 0 Å². The van der Waals surface area contributed by atoms with Gasteiger partial charge in [-0.2, -0.15) is 0 Å². The highest BCUT2D eigenvalue weighted by Gasteiger charge is 2.45. The van der Waals surface area contributed by atoms with Gasteiger partial charge in [-0.1, -0.05) is 11.6 Å². The molecule has 1 aromatic rings. The van der Waals surface area contributed by atoms with E-state index < -0.39 is 35.0 Å². The number of halogens is 1. The van der Waals surface area contributed by atoms with E-state index in [1.165, 1.54) is 12.0 Å². The molecule has 10 nitrogen and oxygen atoms in total. The Hall–Kier alpha value is -3.53. The Morgan fingerprint density at radius 3 is 1.97 bits per heavy atom. The van der Waals surface area contributed by atoms with Gasteiger partial charge in [0, 0.05) is 18.3 Å². The maximum atomic E-state index is 13.4. The van der Waals surface area contributed by atoms with Crippen LogP contribution >= 0.6 is 11.6 Å². The predicted octanol–water partition coefficient (Wildman–Crippen LogP) is 3.01. The molecule has 1 aliphatic heterocycles. The number of benzene rings is 1. The van der Waals surface area contributed by atoms with Gasteiger partial charge in [0.05, 0.1) is 56.3 Å². The minimum Gasteiger partial charge on any atom is -0.497 e. The van der Waals surface area contributed by atoms with E-state index in [0.717, 1.165) is 0 Å². The summed E-state index contributed by atoms with van der Waals surface area (Å²) in [6, 6.07) is 3.50. The van der Waals surface area contributed by atoms with E-state index in [0.29, 0.717) is 17.0 Å². The SMILES string of the molecule is CCOC(=O)C1=C(C(=O)OCC)C(/C(C(=O)OCC)=C(\Cl)C(=O)OCC)N(C)c2ccc(OC)cc21. The molecular weight excluding hydrogens is 494 g/mol. The van der Waals surface area contributed by atoms with Gasteiger partial charge in [-0.15, -0.1) is 0 Å². The molecule has 2 rings (SSSR count). The van der Waals surface area contributed by atoms with Crippen LogP contribution in [0.4, 0.5) is 5.69 Å². The molecule has 0 saturated heterocycles. The highest BCUT2D eigenvalue weighted by molar-refractivity contribution is 6.43. The van der Waals surface area contributed by atoms with Gasteiger partial charge in [-0.25, -0.2) is 19.2 Å². The lowest BCUT2D eigenvalue weighted by atomic mass is 9.84. The fourth-order valence-electron chi connectivity index (χ4n) is 3.78. The summed E-state index contributed by atoms with van der Waals surface area (Å²) in [4.78, 5) is 53.9. The van der Waals surface area contributed by atoms with Crippen LogP contribution in [0.1, 0.15) is 33.3 Å². The molecule has 1 aromatic carbocycles. The van der Waals surface area contributed by atoms with Crippen molar-refractivity contribution in [3.8, 4) is 5.75 Å². The second-order valence-electron chi connectivity index (χ2n) is 7.29. The number of hydrogen-bond donors (Lipinski definition) is 0. The van der Waals surface area contributed by atoms with E-state index in [1.807, 2.05) is 0 Å². The van der Waals surface area contributed by atoms with Crippen molar-refractivity contribution in [2.24, 2.45) is 0 Å². The third-order valence-corrected chi connectivity index (χ3v) is 5.58. The molecule has 11 heteroatoms. The molecule has 0 saturated carbocycles. The molecule has 196 valence electrons. The number of methoxy groups -OCH3 is 1. The standard InChI is InChI=1S/C25H30ClNO9/c1-7-33-22(28)17-15-13-14(32-6)11-12-16(15)27(5)21(18(17)23(29)34-8-2)19(24(30)35-9-3)20(26)25(31)36-10-4/h11-13,21H,7-10H2,1-6H3/b20-19+. The second kappa shape index (κ2) is 13.0. The summed E-state index contributed by atoms with van der Waals surface area (Å²) in [5.74, 6) is -3.27. The maximum absolute atomic E-state index is 13.4. The van der Waals surface area contributed by atoms with Crippen molar-refractivity contribution >= 4 is 46.7 Å². The summed E-state index contributed by atoms with van der Waals surface area (Å²) in [5, 5.41) is -0.589. The monoisotopic (exact) mass is 523 g/mol. The lowest BCUT2D eigenvalue weighted by Gasteiger charge is -2.38. The van der Waals surface area contributed by atoms with Crippen molar-refractivity contribution < 1.29 is 42.9 Å². The third kappa shape index (κ3) is 5.81. The molecule has 1 unspecified atom stereocenters. The topological polar surface area (TPSA) is 118 Å². The van der Waals surface area contributed by atoms with E-state index in [1.54, 1.807) is 52.9 Å². The van der Waals surface area contributed by atoms with Crippen LogP contribution in [0, 0.1) is 0 Å². The van der Waals surface area contributed by atoms with Gasteiger partial charge in [0.2, 0.25) is 0 Å². The molecule has 1 heterocycles. The molecular formula is C25H30ClNO9. The summed E-state index contributed by atoms with van der Waals surface area (Å²) >= 11 is 6.38. The summed E-state index contributed by atoms with van der Waals surface area (Å²) < 4.78 is 26.0. The number of carbonyl (C=O) groups is 4. The molecule has 0 spiro atoms. The zero-order valence-corrected chi connectivity index (χ0v) is 21.9. The number of nitrogens with zero attached hydrogens (tertiary/aromatic N) is 1. The summed E-state index contributed by atoms with van der Waals surface area (Å²) in [7, 11) is 3.03. The first kappa shape index (κ1) is 28.7. The van der Waals surface area contributed by atoms with Crippen LogP contribution in [0.3, 0.4) is 0 Å². The fraction of sp³-hybridized carbons (Fsp3) is 0.440. The number of fused-ring (bicyclic) bond motifs is 1. The van der Waals surface area contributed by atoms with E-state index in [-0.39, 0.29) is 43.1 Å². The highest BCUT2D eigenvalue weighted by atomic mass is 35.5. The molecule has 0 amide bonds. The third-order valence-electron chi connectivity index (χ3n) is 5.22. The Labute approximate surface area is 214 Å². The van der Waals surface area contributed by atoms with Gasteiger partial charge in [-0.05, 0) is 45.9 Å². The number of rotatable bonds is 10. The van der Waals surface area contributed by atoms with Crippen LogP contribution in [0.15, 0.2) is 34.4 Å². The van der Waals surface area contributed by atoms with Crippen LogP contribution in [0.5, 0.6) is 5.75 Å². The molecule has 0 aromatic heterocycles.